The monoisotopic (exact) mass is 261 g/mol. The third-order valence-corrected chi connectivity index (χ3v) is 4.33. The van der Waals surface area contributed by atoms with Crippen molar-refractivity contribution in [2.24, 2.45) is 11.7 Å². The maximum Gasteiger partial charge on any atom is 0.0110 e. The highest BCUT2D eigenvalue weighted by Gasteiger charge is 2.20. The number of hydrogen-bond donors (Lipinski definition) is 1. The van der Waals surface area contributed by atoms with Crippen LogP contribution in [-0.4, -0.2) is 6.04 Å². The fourth-order valence-corrected chi connectivity index (χ4v) is 3.02. The van der Waals surface area contributed by atoms with Crippen LogP contribution in [-0.2, 0) is 0 Å². The van der Waals surface area contributed by atoms with Crippen LogP contribution in [0.15, 0.2) is 30.3 Å². The Morgan fingerprint density at radius 3 is 2.21 bits per heavy atom. The second kappa shape index (κ2) is 9.14. The van der Waals surface area contributed by atoms with E-state index in [0.717, 1.165) is 12.3 Å². The zero-order chi connectivity index (χ0) is 14.1. The molecule has 1 nitrogen and oxygen atoms in total. The van der Waals surface area contributed by atoms with Gasteiger partial charge in [0.25, 0.3) is 0 Å². The molecule has 0 aliphatic heterocycles. The van der Waals surface area contributed by atoms with E-state index >= 15 is 0 Å². The lowest BCUT2D eigenvalue weighted by molar-refractivity contribution is 0.353. The van der Waals surface area contributed by atoms with E-state index in [1.165, 1.54) is 37.7 Å². The van der Waals surface area contributed by atoms with E-state index in [1.807, 2.05) is 0 Å². The van der Waals surface area contributed by atoms with E-state index in [1.54, 1.807) is 0 Å². The zero-order valence-electron chi connectivity index (χ0n) is 12.9. The Morgan fingerprint density at radius 1 is 1.00 bits per heavy atom. The molecule has 19 heavy (non-hydrogen) atoms. The van der Waals surface area contributed by atoms with Crippen molar-refractivity contribution < 1.29 is 0 Å². The molecule has 0 aliphatic rings. The number of hydrogen-bond acceptors (Lipinski definition) is 1. The van der Waals surface area contributed by atoms with Crippen LogP contribution in [0.3, 0.4) is 0 Å². The van der Waals surface area contributed by atoms with Crippen LogP contribution in [0.25, 0.3) is 0 Å². The van der Waals surface area contributed by atoms with Gasteiger partial charge < -0.3 is 5.73 Å². The molecular weight excluding hydrogens is 230 g/mol. The predicted octanol–water partition coefficient (Wildman–Crippen LogP) is 5.11. The molecule has 0 spiro atoms. The number of nitrogens with two attached hydrogens (primary N) is 1. The van der Waals surface area contributed by atoms with Crippen molar-refractivity contribution in [3.8, 4) is 0 Å². The van der Waals surface area contributed by atoms with Gasteiger partial charge in [-0.3, -0.25) is 0 Å². The van der Waals surface area contributed by atoms with Gasteiger partial charge in [0, 0.05) is 6.04 Å². The second-order valence-corrected chi connectivity index (χ2v) is 5.74. The molecule has 3 unspecified atom stereocenters. The maximum absolute atomic E-state index is 6.51. The SMILES string of the molecule is CCCCC(CC)CC(N)C(CC)c1ccccc1. The van der Waals surface area contributed by atoms with Gasteiger partial charge in [0.15, 0.2) is 0 Å². The lowest BCUT2D eigenvalue weighted by atomic mass is 9.82. The average molecular weight is 261 g/mol. The van der Waals surface area contributed by atoms with Gasteiger partial charge in [-0.1, -0.05) is 76.8 Å². The highest BCUT2D eigenvalue weighted by atomic mass is 14.7. The van der Waals surface area contributed by atoms with Crippen molar-refractivity contribution in [2.75, 3.05) is 0 Å². The third kappa shape index (κ3) is 5.36. The first-order valence-corrected chi connectivity index (χ1v) is 8.03. The minimum atomic E-state index is 0.300. The molecule has 0 saturated heterocycles. The molecule has 0 saturated carbocycles. The lowest BCUT2D eigenvalue weighted by Crippen LogP contribution is -2.30. The molecule has 1 aromatic carbocycles. The number of unbranched alkanes of at least 4 members (excludes halogenated alkanes) is 1. The van der Waals surface area contributed by atoms with Gasteiger partial charge in [-0.05, 0) is 30.2 Å². The molecule has 0 amide bonds. The quantitative estimate of drug-likeness (QED) is 0.656. The van der Waals surface area contributed by atoms with Crippen molar-refractivity contribution in [1.82, 2.24) is 0 Å². The Labute approximate surface area is 119 Å². The lowest BCUT2D eigenvalue weighted by Gasteiger charge is -2.27. The largest absolute Gasteiger partial charge is 0.327 e. The number of rotatable bonds is 9. The summed E-state index contributed by atoms with van der Waals surface area (Å²) in [6, 6.07) is 11.1. The molecule has 0 heterocycles. The average Bonchev–Trinajstić information content (AvgIpc) is 2.45. The summed E-state index contributed by atoms with van der Waals surface area (Å²) in [7, 11) is 0. The van der Waals surface area contributed by atoms with Crippen LogP contribution < -0.4 is 5.73 Å². The van der Waals surface area contributed by atoms with Gasteiger partial charge in [0.2, 0.25) is 0 Å². The van der Waals surface area contributed by atoms with Crippen LogP contribution in [0.4, 0.5) is 0 Å². The van der Waals surface area contributed by atoms with Gasteiger partial charge in [-0.2, -0.15) is 0 Å². The molecule has 0 bridgehead atoms. The fraction of sp³-hybridized carbons (Fsp3) is 0.667. The van der Waals surface area contributed by atoms with E-state index < -0.39 is 0 Å². The summed E-state index contributed by atoms with van der Waals surface area (Å²) in [5, 5.41) is 0. The molecule has 108 valence electrons. The van der Waals surface area contributed by atoms with Crippen molar-refractivity contribution in [3.05, 3.63) is 35.9 Å². The Bertz CT molecular complexity index is 320. The Kier molecular flexibility index (Phi) is 7.81. The predicted molar refractivity (Wildman–Crippen MR) is 85.4 cm³/mol. The van der Waals surface area contributed by atoms with E-state index in [4.69, 9.17) is 5.73 Å². The molecule has 0 fully saturated rings. The van der Waals surface area contributed by atoms with E-state index in [0.29, 0.717) is 12.0 Å². The summed E-state index contributed by atoms with van der Waals surface area (Å²) < 4.78 is 0. The maximum atomic E-state index is 6.51. The summed E-state index contributed by atoms with van der Waals surface area (Å²) >= 11 is 0. The Morgan fingerprint density at radius 2 is 1.68 bits per heavy atom. The highest BCUT2D eigenvalue weighted by molar-refractivity contribution is 5.21. The smallest absolute Gasteiger partial charge is 0.0110 e. The first kappa shape index (κ1) is 16.2. The molecule has 1 aromatic rings. The van der Waals surface area contributed by atoms with Crippen molar-refractivity contribution in [2.45, 2.75) is 71.3 Å². The summed E-state index contributed by atoms with van der Waals surface area (Å²) in [5.74, 6) is 1.31. The molecule has 3 atom stereocenters. The number of benzene rings is 1. The van der Waals surface area contributed by atoms with E-state index in [-0.39, 0.29) is 0 Å². The van der Waals surface area contributed by atoms with Crippen LogP contribution in [0.1, 0.15) is 70.8 Å². The summed E-state index contributed by atoms with van der Waals surface area (Å²) in [4.78, 5) is 0. The molecular formula is C18H31N. The van der Waals surface area contributed by atoms with Crippen molar-refractivity contribution in [1.29, 1.82) is 0 Å². The van der Waals surface area contributed by atoms with Gasteiger partial charge in [-0.25, -0.2) is 0 Å². The topological polar surface area (TPSA) is 26.0 Å². The second-order valence-electron chi connectivity index (χ2n) is 5.74. The van der Waals surface area contributed by atoms with Gasteiger partial charge in [-0.15, -0.1) is 0 Å². The minimum Gasteiger partial charge on any atom is -0.327 e. The molecule has 1 heteroatoms. The van der Waals surface area contributed by atoms with Crippen molar-refractivity contribution >= 4 is 0 Å². The van der Waals surface area contributed by atoms with Gasteiger partial charge in [0.05, 0.1) is 0 Å². The van der Waals surface area contributed by atoms with Crippen LogP contribution in [0.2, 0.25) is 0 Å². The molecule has 2 N–H and O–H groups in total. The third-order valence-electron chi connectivity index (χ3n) is 4.33. The summed E-state index contributed by atoms with van der Waals surface area (Å²) in [6.45, 7) is 6.83. The highest BCUT2D eigenvalue weighted by Crippen LogP contribution is 2.28. The Hall–Kier alpha value is -0.820. The van der Waals surface area contributed by atoms with Gasteiger partial charge in [0.1, 0.15) is 0 Å². The zero-order valence-corrected chi connectivity index (χ0v) is 12.9. The standard InChI is InChI=1S/C18H31N/c1-4-7-11-15(5-2)14-18(19)17(6-3)16-12-9-8-10-13-16/h8-10,12-13,15,17-18H,4-7,11,14,19H2,1-3H3. The van der Waals surface area contributed by atoms with Crippen molar-refractivity contribution in [3.63, 3.8) is 0 Å². The normalized spacial score (nSPS) is 16.0. The molecule has 1 rings (SSSR count). The van der Waals surface area contributed by atoms with Gasteiger partial charge >= 0.3 is 0 Å². The fourth-order valence-electron chi connectivity index (χ4n) is 3.02. The first-order chi connectivity index (χ1) is 9.22. The van der Waals surface area contributed by atoms with E-state index in [9.17, 15) is 0 Å². The molecule has 0 aliphatic carbocycles. The minimum absolute atomic E-state index is 0.300. The Balaban J connectivity index is 2.60. The molecule has 0 aromatic heterocycles. The summed E-state index contributed by atoms with van der Waals surface area (Å²) in [5.41, 5.74) is 7.91. The molecule has 0 radical (unpaired) electrons. The van der Waals surface area contributed by atoms with Crippen LogP contribution in [0, 0.1) is 5.92 Å². The summed E-state index contributed by atoms with van der Waals surface area (Å²) in [6.07, 6.45) is 7.54. The van der Waals surface area contributed by atoms with Crippen LogP contribution in [0.5, 0.6) is 0 Å². The first-order valence-electron chi connectivity index (χ1n) is 8.03. The van der Waals surface area contributed by atoms with E-state index in [2.05, 4.69) is 51.1 Å². The van der Waals surface area contributed by atoms with Crippen LogP contribution >= 0.6 is 0 Å².